The first-order valence-corrected chi connectivity index (χ1v) is 11.9. The molecule has 2 amide bonds. The maximum Gasteiger partial charge on any atom is 0.262 e. The fraction of sp³-hybridized carbons (Fsp3) is 0.207. The van der Waals surface area contributed by atoms with Crippen molar-refractivity contribution in [1.82, 2.24) is 0 Å². The van der Waals surface area contributed by atoms with Crippen LogP contribution in [-0.4, -0.2) is 37.4 Å². The first-order valence-electron chi connectivity index (χ1n) is 11.9. The van der Waals surface area contributed by atoms with Crippen LogP contribution in [0.4, 0.5) is 11.4 Å². The third kappa shape index (κ3) is 6.39. The molecule has 1 saturated heterocycles. The molecule has 3 aromatic carbocycles. The van der Waals surface area contributed by atoms with Crippen molar-refractivity contribution in [2.75, 3.05) is 30.0 Å². The number of amides is 2. The fourth-order valence-electron chi connectivity index (χ4n) is 3.89. The topological polar surface area (TPSA) is 84.9 Å². The Morgan fingerprint density at radius 1 is 0.972 bits per heavy atom. The number of hydrogen-bond acceptors (Lipinski definition) is 5. The molecular weight excluding hydrogens is 456 g/mol. The number of ketones is 1. The second-order valence-corrected chi connectivity index (χ2v) is 8.24. The molecule has 0 unspecified atom stereocenters. The molecule has 36 heavy (non-hydrogen) atoms. The third-order valence-corrected chi connectivity index (χ3v) is 5.63. The molecule has 0 bridgehead atoms. The maximum atomic E-state index is 12.8. The van der Waals surface area contributed by atoms with Crippen molar-refractivity contribution in [2.45, 2.75) is 19.8 Å². The van der Waals surface area contributed by atoms with Crippen LogP contribution in [0.15, 0.2) is 78.9 Å². The molecule has 184 valence electrons. The molecule has 0 spiro atoms. The highest BCUT2D eigenvalue weighted by molar-refractivity contribution is 6.08. The van der Waals surface area contributed by atoms with Crippen molar-refractivity contribution in [3.8, 4) is 11.5 Å². The van der Waals surface area contributed by atoms with Gasteiger partial charge in [-0.1, -0.05) is 42.5 Å². The molecule has 7 nitrogen and oxygen atoms in total. The number of allylic oxidation sites excluding steroid dienone is 1. The molecule has 1 aliphatic rings. The Morgan fingerprint density at radius 2 is 1.81 bits per heavy atom. The Bertz CT molecular complexity index is 1270. The van der Waals surface area contributed by atoms with Gasteiger partial charge in [0.05, 0.1) is 6.61 Å². The van der Waals surface area contributed by atoms with Gasteiger partial charge in [0.25, 0.3) is 5.91 Å². The summed E-state index contributed by atoms with van der Waals surface area (Å²) < 4.78 is 11.4. The van der Waals surface area contributed by atoms with Crippen molar-refractivity contribution < 1.29 is 23.9 Å². The highest BCUT2D eigenvalue weighted by Crippen LogP contribution is 2.29. The molecule has 1 fully saturated rings. The maximum absolute atomic E-state index is 12.8. The van der Waals surface area contributed by atoms with Gasteiger partial charge in [-0.15, -0.1) is 0 Å². The molecule has 1 N–H and O–H groups in total. The van der Waals surface area contributed by atoms with Gasteiger partial charge in [-0.2, -0.15) is 0 Å². The van der Waals surface area contributed by atoms with E-state index in [0.29, 0.717) is 42.3 Å². The lowest BCUT2D eigenvalue weighted by Crippen LogP contribution is -2.23. The van der Waals surface area contributed by atoms with E-state index in [-0.39, 0.29) is 24.2 Å². The van der Waals surface area contributed by atoms with Crippen LogP contribution in [-0.2, 0) is 9.59 Å². The van der Waals surface area contributed by atoms with Gasteiger partial charge in [0.2, 0.25) is 5.91 Å². The number of nitrogens with one attached hydrogen (secondary N) is 1. The number of anilines is 2. The summed E-state index contributed by atoms with van der Waals surface area (Å²) in [6, 6.07) is 21.5. The average molecular weight is 485 g/mol. The highest BCUT2D eigenvalue weighted by atomic mass is 16.5. The van der Waals surface area contributed by atoms with Gasteiger partial charge in [0.1, 0.15) is 0 Å². The predicted octanol–water partition coefficient (Wildman–Crippen LogP) is 5.13. The number of hydrogen-bond donors (Lipinski definition) is 1. The Labute approximate surface area is 210 Å². The molecule has 0 radical (unpaired) electrons. The molecule has 0 saturated carbocycles. The van der Waals surface area contributed by atoms with Crippen LogP contribution in [0.25, 0.3) is 6.08 Å². The number of para-hydroxylation sites is 1. The molecule has 0 aromatic heterocycles. The molecule has 3 aromatic rings. The number of nitrogens with zero attached hydrogens (tertiary/aromatic N) is 1. The lowest BCUT2D eigenvalue weighted by Gasteiger charge is -2.16. The third-order valence-electron chi connectivity index (χ3n) is 5.63. The van der Waals surface area contributed by atoms with E-state index in [1.807, 2.05) is 31.2 Å². The first kappa shape index (κ1) is 24.7. The van der Waals surface area contributed by atoms with E-state index >= 15 is 0 Å². The van der Waals surface area contributed by atoms with Crippen molar-refractivity contribution >= 4 is 35.0 Å². The minimum Gasteiger partial charge on any atom is -0.490 e. The molecule has 7 heteroatoms. The highest BCUT2D eigenvalue weighted by Gasteiger charge is 2.22. The quantitative estimate of drug-likeness (QED) is 0.319. The number of carbonyl (C=O) groups is 3. The van der Waals surface area contributed by atoms with Crippen molar-refractivity contribution in [3.05, 3.63) is 90.0 Å². The molecule has 4 rings (SSSR count). The zero-order valence-electron chi connectivity index (χ0n) is 20.1. The zero-order chi connectivity index (χ0) is 25.3. The standard InChI is InChI=1S/C29H28N2O5/c1-2-35-27-18-21(14-16-26(27)36-20-28(33)30-23-9-4-3-5-10-23)13-15-25(32)22-8-6-11-24(19-22)31-17-7-12-29(31)34/h3-6,8-11,13-16,18-19H,2,7,12,17,20H2,1H3,(H,30,33)/b15-13+. The Kier molecular flexibility index (Phi) is 8.13. The van der Waals surface area contributed by atoms with E-state index < -0.39 is 0 Å². The number of benzene rings is 3. The number of ether oxygens (including phenoxy) is 2. The van der Waals surface area contributed by atoms with Gasteiger partial charge in [-0.05, 0) is 61.4 Å². The molecule has 0 atom stereocenters. The lowest BCUT2D eigenvalue weighted by atomic mass is 10.1. The van der Waals surface area contributed by atoms with Crippen LogP contribution in [0.3, 0.4) is 0 Å². The van der Waals surface area contributed by atoms with Gasteiger partial charge in [0.15, 0.2) is 23.9 Å². The van der Waals surface area contributed by atoms with Crippen molar-refractivity contribution in [1.29, 1.82) is 0 Å². The minimum absolute atomic E-state index is 0.0819. The molecule has 1 aliphatic heterocycles. The normalized spacial score (nSPS) is 13.1. The predicted molar refractivity (Wildman–Crippen MR) is 140 cm³/mol. The van der Waals surface area contributed by atoms with Crippen LogP contribution in [0.5, 0.6) is 11.5 Å². The summed E-state index contributed by atoms with van der Waals surface area (Å²) in [6.07, 6.45) is 4.56. The van der Waals surface area contributed by atoms with E-state index in [1.165, 1.54) is 6.08 Å². The number of carbonyl (C=O) groups excluding carboxylic acids is 3. The van der Waals surface area contributed by atoms with Gasteiger partial charge in [0, 0.05) is 29.9 Å². The van der Waals surface area contributed by atoms with E-state index in [1.54, 1.807) is 59.5 Å². The van der Waals surface area contributed by atoms with Crippen LogP contribution < -0.4 is 19.7 Å². The van der Waals surface area contributed by atoms with Crippen LogP contribution >= 0.6 is 0 Å². The monoisotopic (exact) mass is 484 g/mol. The largest absolute Gasteiger partial charge is 0.490 e. The van der Waals surface area contributed by atoms with Gasteiger partial charge >= 0.3 is 0 Å². The van der Waals surface area contributed by atoms with E-state index in [4.69, 9.17) is 9.47 Å². The molecule has 0 aliphatic carbocycles. The van der Waals surface area contributed by atoms with Crippen LogP contribution in [0.2, 0.25) is 0 Å². The summed E-state index contributed by atoms with van der Waals surface area (Å²) >= 11 is 0. The fourth-order valence-corrected chi connectivity index (χ4v) is 3.89. The van der Waals surface area contributed by atoms with Gasteiger partial charge in [-0.3, -0.25) is 14.4 Å². The summed E-state index contributed by atoms with van der Waals surface area (Å²) in [5.74, 6) is 0.551. The van der Waals surface area contributed by atoms with E-state index in [9.17, 15) is 14.4 Å². The lowest BCUT2D eigenvalue weighted by molar-refractivity contribution is -0.118. The van der Waals surface area contributed by atoms with E-state index in [2.05, 4.69) is 5.32 Å². The second-order valence-electron chi connectivity index (χ2n) is 8.24. The second kappa shape index (κ2) is 11.8. The van der Waals surface area contributed by atoms with Crippen molar-refractivity contribution in [2.24, 2.45) is 0 Å². The smallest absolute Gasteiger partial charge is 0.262 e. The van der Waals surface area contributed by atoms with Crippen LogP contribution in [0.1, 0.15) is 35.7 Å². The first-order chi connectivity index (χ1) is 17.5. The summed E-state index contributed by atoms with van der Waals surface area (Å²) in [5, 5.41) is 2.77. The Balaban J connectivity index is 1.41. The Morgan fingerprint density at radius 3 is 2.56 bits per heavy atom. The summed E-state index contributed by atoms with van der Waals surface area (Å²) in [7, 11) is 0. The van der Waals surface area contributed by atoms with Gasteiger partial charge in [-0.25, -0.2) is 0 Å². The van der Waals surface area contributed by atoms with Gasteiger partial charge < -0.3 is 19.7 Å². The Hall–Kier alpha value is -4.39. The minimum atomic E-state index is -0.281. The average Bonchev–Trinajstić information content (AvgIpc) is 3.33. The summed E-state index contributed by atoms with van der Waals surface area (Å²) in [5.41, 5.74) is 2.70. The SMILES string of the molecule is CCOc1cc(/C=C/C(=O)c2cccc(N3CCCC3=O)c2)ccc1OCC(=O)Nc1ccccc1. The zero-order valence-corrected chi connectivity index (χ0v) is 20.1. The summed E-state index contributed by atoms with van der Waals surface area (Å²) in [4.78, 5) is 38.7. The molecule has 1 heterocycles. The number of rotatable bonds is 10. The van der Waals surface area contributed by atoms with Crippen LogP contribution in [0, 0.1) is 0 Å². The summed E-state index contributed by atoms with van der Waals surface area (Å²) in [6.45, 7) is 2.78. The van der Waals surface area contributed by atoms with E-state index in [0.717, 1.165) is 17.7 Å². The molecular formula is C29H28N2O5. The van der Waals surface area contributed by atoms with Crippen molar-refractivity contribution in [3.63, 3.8) is 0 Å².